The van der Waals surface area contributed by atoms with E-state index in [1.807, 2.05) is 19.9 Å². The first-order chi connectivity index (χ1) is 15.0. The van der Waals surface area contributed by atoms with Crippen LogP contribution >= 0.6 is 0 Å². The van der Waals surface area contributed by atoms with Gasteiger partial charge in [-0.05, 0) is 39.3 Å². The van der Waals surface area contributed by atoms with Crippen molar-refractivity contribution >= 4 is 11.0 Å². The molecule has 0 fully saturated rings. The highest BCUT2D eigenvalue weighted by Crippen LogP contribution is 2.40. The predicted octanol–water partition coefficient (Wildman–Crippen LogP) is 4.27. The summed E-state index contributed by atoms with van der Waals surface area (Å²) in [5.41, 5.74) is 1.08. The highest BCUT2D eigenvalue weighted by atomic mass is 16.3. The predicted molar refractivity (Wildman–Crippen MR) is 122 cm³/mol. The van der Waals surface area contributed by atoms with Crippen molar-refractivity contribution in [1.82, 2.24) is 0 Å². The lowest BCUT2D eigenvalue weighted by Crippen LogP contribution is -2.12. The van der Waals surface area contributed by atoms with Crippen LogP contribution in [0.4, 0.5) is 0 Å². The van der Waals surface area contributed by atoms with Gasteiger partial charge in [0.1, 0.15) is 40.2 Å². The number of allylic oxidation sites excluding steroid dienone is 2. The van der Waals surface area contributed by atoms with Gasteiger partial charge in [0.05, 0.1) is 11.7 Å². The second-order valence-electron chi connectivity index (χ2n) is 8.09. The first kappa shape index (κ1) is 23.0. The second kappa shape index (κ2) is 8.80. The third-order valence-electron chi connectivity index (χ3n) is 5.35. The Morgan fingerprint density at radius 1 is 1.03 bits per heavy atom. The van der Waals surface area contributed by atoms with Crippen LogP contribution in [0.1, 0.15) is 31.9 Å². The summed E-state index contributed by atoms with van der Waals surface area (Å²) in [4.78, 5) is 13.3. The monoisotopic (exact) mass is 438 g/mol. The van der Waals surface area contributed by atoms with E-state index in [-0.39, 0.29) is 63.3 Å². The summed E-state index contributed by atoms with van der Waals surface area (Å²) >= 11 is 0. The maximum atomic E-state index is 13.3. The third-order valence-corrected chi connectivity index (χ3v) is 5.35. The van der Waals surface area contributed by atoms with Gasteiger partial charge in [0.2, 0.25) is 5.43 Å². The molecule has 32 heavy (non-hydrogen) atoms. The number of phenols is 4. The van der Waals surface area contributed by atoms with E-state index in [4.69, 9.17) is 4.42 Å². The zero-order valence-electron chi connectivity index (χ0n) is 18.1. The van der Waals surface area contributed by atoms with Gasteiger partial charge in [-0.15, -0.1) is 0 Å². The molecule has 0 saturated carbocycles. The van der Waals surface area contributed by atoms with Gasteiger partial charge in [-0.2, -0.15) is 0 Å². The average Bonchev–Trinajstić information content (AvgIpc) is 2.71. The highest BCUT2D eigenvalue weighted by molar-refractivity contribution is 5.90. The number of fused-ring (bicyclic) bond motifs is 1. The van der Waals surface area contributed by atoms with Gasteiger partial charge < -0.3 is 29.9 Å². The lowest BCUT2D eigenvalue weighted by molar-refractivity contribution is 0.209. The number of aliphatic hydroxyl groups excluding tert-OH is 1. The molecular formula is C25H26O7. The SMILES string of the molecule is C=C(C)[C@H](O)Cc1c(O)cc2occ(-c3ccc(O)c(CC=C(C)C)c3O)c(=O)c2c1O. The summed E-state index contributed by atoms with van der Waals surface area (Å²) in [5, 5.41) is 51.9. The molecule has 7 heteroatoms. The average molecular weight is 438 g/mol. The standard InChI is InChI=1S/C25H26O7/c1-12(2)5-6-15-18(26)8-7-14(23(15)29)17-11-32-21-10-20(28)16(9-19(27)13(3)4)24(30)22(21)25(17)31/h5,7-8,10-11,19,26-30H,3,6,9H2,1-2,4H3/t19-/m1/s1. The van der Waals surface area contributed by atoms with Crippen molar-refractivity contribution in [2.45, 2.75) is 39.7 Å². The van der Waals surface area contributed by atoms with Gasteiger partial charge in [0.15, 0.2) is 0 Å². The number of hydrogen-bond donors (Lipinski definition) is 5. The molecule has 3 aromatic rings. The lowest BCUT2D eigenvalue weighted by Gasteiger charge is -2.15. The first-order valence-electron chi connectivity index (χ1n) is 10.0. The van der Waals surface area contributed by atoms with Crippen molar-refractivity contribution in [2.75, 3.05) is 0 Å². The molecule has 0 aliphatic heterocycles. The lowest BCUT2D eigenvalue weighted by atomic mass is 9.96. The molecule has 0 aliphatic carbocycles. The first-order valence-corrected chi connectivity index (χ1v) is 10.0. The molecule has 0 amide bonds. The van der Waals surface area contributed by atoms with E-state index in [1.165, 1.54) is 18.2 Å². The maximum absolute atomic E-state index is 13.3. The molecule has 7 nitrogen and oxygen atoms in total. The number of hydrogen-bond acceptors (Lipinski definition) is 7. The van der Waals surface area contributed by atoms with Crippen molar-refractivity contribution in [3.63, 3.8) is 0 Å². The fraction of sp³-hybridized carbons (Fsp3) is 0.240. The largest absolute Gasteiger partial charge is 0.508 e. The van der Waals surface area contributed by atoms with Crippen LogP contribution in [0.15, 0.2) is 57.5 Å². The van der Waals surface area contributed by atoms with Crippen molar-refractivity contribution in [1.29, 1.82) is 0 Å². The summed E-state index contributed by atoms with van der Waals surface area (Å²) < 4.78 is 5.48. The smallest absolute Gasteiger partial charge is 0.204 e. The van der Waals surface area contributed by atoms with E-state index in [1.54, 1.807) is 6.92 Å². The topological polar surface area (TPSA) is 131 Å². The quantitative estimate of drug-likeness (QED) is 0.363. The van der Waals surface area contributed by atoms with Gasteiger partial charge in [0, 0.05) is 29.2 Å². The van der Waals surface area contributed by atoms with Crippen LogP contribution in [0, 0.1) is 0 Å². The van der Waals surface area contributed by atoms with E-state index in [9.17, 15) is 30.3 Å². The Bertz CT molecular complexity index is 1290. The molecule has 2 aromatic carbocycles. The Kier molecular flexibility index (Phi) is 6.32. The number of aromatic hydroxyl groups is 4. The molecule has 0 radical (unpaired) electrons. The Labute approximate surface area is 184 Å². The van der Waals surface area contributed by atoms with E-state index in [0.717, 1.165) is 11.8 Å². The normalized spacial score (nSPS) is 12.0. The number of aliphatic hydroxyl groups is 1. The minimum Gasteiger partial charge on any atom is -0.508 e. The summed E-state index contributed by atoms with van der Waals surface area (Å²) in [6.45, 7) is 9.02. The van der Waals surface area contributed by atoms with E-state index < -0.39 is 17.3 Å². The summed E-state index contributed by atoms with van der Waals surface area (Å²) in [5.74, 6) is -1.23. The zero-order chi connectivity index (χ0) is 23.7. The van der Waals surface area contributed by atoms with Crippen LogP contribution < -0.4 is 5.43 Å². The molecule has 0 bridgehead atoms. The molecule has 0 saturated heterocycles. The van der Waals surface area contributed by atoms with Crippen LogP contribution in [-0.2, 0) is 12.8 Å². The Hall–Kier alpha value is -3.71. The van der Waals surface area contributed by atoms with Gasteiger partial charge in [-0.25, -0.2) is 0 Å². The maximum Gasteiger partial charge on any atom is 0.204 e. The number of rotatable bonds is 6. The van der Waals surface area contributed by atoms with E-state index in [2.05, 4.69) is 6.58 Å². The van der Waals surface area contributed by atoms with Gasteiger partial charge >= 0.3 is 0 Å². The molecule has 168 valence electrons. The third kappa shape index (κ3) is 4.20. The van der Waals surface area contributed by atoms with Crippen LogP contribution in [0.25, 0.3) is 22.1 Å². The molecule has 0 aliphatic rings. The van der Waals surface area contributed by atoms with Crippen LogP contribution in [0.2, 0.25) is 0 Å². The molecule has 5 N–H and O–H groups in total. The molecule has 1 aromatic heterocycles. The van der Waals surface area contributed by atoms with Crippen LogP contribution in [0.5, 0.6) is 23.0 Å². The number of benzene rings is 2. The van der Waals surface area contributed by atoms with Crippen molar-refractivity contribution in [2.24, 2.45) is 0 Å². The molecule has 0 unspecified atom stereocenters. The second-order valence-corrected chi connectivity index (χ2v) is 8.09. The van der Waals surface area contributed by atoms with Crippen molar-refractivity contribution in [3.05, 3.63) is 69.6 Å². The van der Waals surface area contributed by atoms with Gasteiger partial charge in [-0.3, -0.25) is 4.79 Å². The minimum atomic E-state index is -1.03. The summed E-state index contributed by atoms with van der Waals surface area (Å²) in [6.07, 6.45) is 2.04. The Balaban J connectivity index is 2.23. The fourth-order valence-electron chi connectivity index (χ4n) is 3.40. The van der Waals surface area contributed by atoms with Gasteiger partial charge in [-0.1, -0.05) is 23.8 Å². The van der Waals surface area contributed by atoms with Crippen molar-refractivity contribution in [3.8, 4) is 34.1 Å². The molecular weight excluding hydrogens is 412 g/mol. The fourth-order valence-corrected chi connectivity index (χ4v) is 3.40. The van der Waals surface area contributed by atoms with Gasteiger partial charge in [0.25, 0.3) is 0 Å². The Morgan fingerprint density at radius 2 is 1.72 bits per heavy atom. The summed E-state index contributed by atoms with van der Waals surface area (Å²) in [6, 6.07) is 3.95. The summed E-state index contributed by atoms with van der Waals surface area (Å²) in [7, 11) is 0. The van der Waals surface area contributed by atoms with E-state index >= 15 is 0 Å². The number of phenolic OH excluding ortho intramolecular Hbond substituents is 4. The van der Waals surface area contributed by atoms with Crippen LogP contribution in [-0.4, -0.2) is 31.6 Å². The molecule has 1 heterocycles. The Morgan fingerprint density at radius 3 is 2.34 bits per heavy atom. The zero-order valence-corrected chi connectivity index (χ0v) is 18.1. The molecule has 0 spiro atoms. The van der Waals surface area contributed by atoms with Crippen molar-refractivity contribution < 1.29 is 29.9 Å². The van der Waals surface area contributed by atoms with E-state index in [0.29, 0.717) is 5.57 Å². The highest BCUT2D eigenvalue weighted by Gasteiger charge is 2.23. The molecule has 1 atom stereocenters. The minimum absolute atomic E-state index is 0.0170. The van der Waals surface area contributed by atoms with Crippen LogP contribution in [0.3, 0.4) is 0 Å². The molecule has 3 rings (SSSR count).